The molecular formula is C22H15F2N5O5. The second-order valence-electron chi connectivity index (χ2n) is 6.81. The SMILES string of the molecule is O=C(Nc1cc(Oc2cccnc2)cc([N+](=O)[O-])c1)c1ccn(COc2ccc(F)cc2F)n1. The smallest absolute Gasteiger partial charge is 0.276 e. The lowest BCUT2D eigenvalue weighted by Crippen LogP contribution is -2.14. The van der Waals surface area contributed by atoms with Crippen molar-refractivity contribution in [3.63, 3.8) is 0 Å². The summed E-state index contributed by atoms with van der Waals surface area (Å²) < 4.78 is 38.7. The van der Waals surface area contributed by atoms with Crippen LogP contribution < -0.4 is 14.8 Å². The van der Waals surface area contributed by atoms with E-state index in [1.807, 2.05) is 0 Å². The Morgan fingerprint density at radius 1 is 1.12 bits per heavy atom. The molecule has 0 atom stereocenters. The molecule has 0 saturated carbocycles. The molecule has 0 aliphatic heterocycles. The van der Waals surface area contributed by atoms with E-state index in [4.69, 9.17) is 9.47 Å². The first-order valence-electron chi connectivity index (χ1n) is 9.67. The number of ether oxygens (including phenoxy) is 2. The molecule has 0 saturated heterocycles. The van der Waals surface area contributed by atoms with Gasteiger partial charge in [0.1, 0.15) is 17.3 Å². The third-order valence-electron chi connectivity index (χ3n) is 4.35. The fraction of sp³-hybridized carbons (Fsp3) is 0.0455. The molecule has 2 heterocycles. The number of carbonyl (C=O) groups is 1. The van der Waals surface area contributed by atoms with Gasteiger partial charge in [-0.3, -0.25) is 19.9 Å². The van der Waals surface area contributed by atoms with Gasteiger partial charge in [0.05, 0.1) is 22.9 Å². The standard InChI is InChI=1S/C22H15F2N5O5/c23-14-3-4-21(19(24)8-14)33-13-28-7-5-20(27-28)22(30)26-15-9-16(29(31)32)11-18(10-15)34-17-2-1-6-25-12-17/h1-12H,13H2,(H,26,30). The zero-order valence-electron chi connectivity index (χ0n) is 17.2. The van der Waals surface area contributed by atoms with Gasteiger partial charge in [-0.05, 0) is 30.3 Å². The fourth-order valence-electron chi connectivity index (χ4n) is 2.84. The monoisotopic (exact) mass is 467 g/mol. The van der Waals surface area contributed by atoms with E-state index in [-0.39, 0.29) is 35.3 Å². The van der Waals surface area contributed by atoms with Crippen molar-refractivity contribution in [2.24, 2.45) is 0 Å². The minimum absolute atomic E-state index is 0.0237. The average Bonchev–Trinajstić information content (AvgIpc) is 3.28. The molecule has 10 nitrogen and oxygen atoms in total. The van der Waals surface area contributed by atoms with Crippen molar-refractivity contribution in [2.75, 3.05) is 5.32 Å². The van der Waals surface area contributed by atoms with E-state index < -0.39 is 22.5 Å². The normalized spacial score (nSPS) is 10.5. The number of non-ortho nitro benzene ring substituents is 1. The van der Waals surface area contributed by atoms with Gasteiger partial charge in [0.15, 0.2) is 24.0 Å². The first-order chi connectivity index (χ1) is 16.4. The number of carbonyl (C=O) groups excluding carboxylic acids is 1. The molecule has 4 aromatic rings. The molecule has 0 spiro atoms. The van der Waals surface area contributed by atoms with Crippen LogP contribution in [-0.4, -0.2) is 25.6 Å². The van der Waals surface area contributed by atoms with E-state index in [0.29, 0.717) is 11.8 Å². The third-order valence-corrected chi connectivity index (χ3v) is 4.35. The molecule has 0 unspecified atom stereocenters. The predicted molar refractivity (Wildman–Crippen MR) is 115 cm³/mol. The second-order valence-corrected chi connectivity index (χ2v) is 6.81. The minimum Gasteiger partial charge on any atom is -0.468 e. The van der Waals surface area contributed by atoms with Gasteiger partial charge < -0.3 is 14.8 Å². The van der Waals surface area contributed by atoms with Crippen molar-refractivity contribution < 1.29 is 28.0 Å². The van der Waals surface area contributed by atoms with Gasteiger partial charge >= 0.3 is 0 Å². The average molecular weight is 467 g/mol. The highest BCUT2D eigenvalue weighted by Crippen LogP contribution is 2.29. The van der Waals surface area contributed by atoms with E-state index in [2.05, 4.69) is 15.4 Å². The third kappa shape index (κ3) is 5.48. The van der Waals surface area contributed by atoms with Crippen LogP contribution in [0.2, 0.25) is 0 Å². The number of pyridine rings is 1. The summed E-state index contributed by atoms with van der Waals surface area (Å²) in [5, 5.41) is 17.8. The van der Waals surface area contributed by atoms with Crippen molar-refractivity contribution >= 4 is 17.3 Å². The highest BCUT2D eigenvalue weighted by atomic mass is 19.1. The molecule has 2 aromatic carbocycles. The number of amides is 1. The Morgan fingerprint density at radius 2 is 1.97 bits per heavy atom. The molecule has 12 heteroatoms. The fourth-order valence-corrected chi connectivity index (χ4v) is 2.84. The highest BCUT2D eigenvalue weighted by Gasteiger charge is 2.16. The van der Waals surface area contributed by atoms with Crippen LogP contribution >= 0.6 is 0 Å². The van der Waals surface area contributed by atoms with E-state index in [1.54, 1.807) is 18.3 Å². The Kier molecular flexibility index (Phi) is 6.39. The van der Waals surface area contributed by atoms with E-state index >= 15 is 0 Å². The van der Waals surface area contributed by atoms with Gasteiger partial charge in [-0.1, -0.05) is 0 Å². The summed E-state index contributed by atoms with van der Waals surface area (Å²) in [6.07, 6.45) is 4.40. The molecule has 0 radical (unpaired) electrons. The maximum Gasteiger partial charge on any atom is 0.276 e. The van der Waals surface area contributed by atoms with Crippen LogP contribution in [0.25, 0.3) is 0 Å². The van der Waals surface area contributed by atoms with Gasteiger partial charge in [-0.25, -0.2) is 13.5 Å². The first-order valence-corrected chi connectivity index (χ1v) is 9.67. The molecule has 0 fully saturated rings. The summed E-state index contributed by atoms with van der Waals surface area (Å²) >= 11 is 0. The van der Waals surface area contributed by atoms with Crippen LogP contribution in [0.4, 0.5) is 20.2 Å². The van der Waals surface area contributed by atoms with Crippen molar-refractivity contribution in [3.8, 4) is 17.2 Å². The van der Waals surface area contributed by atoms with Crippen LogP contribution in [0.15, 0.2) is 73.2 Å². The summed E-state index contributed by atoms with van der Waals surface area (Å²) in [6.45, 7) is -0.240. The molecule has 4 rings (SSSR count). The van der Waals surface area contributed by atoms with Crippen molar-refractivity contribution in [2.45, 2.75) is 6.73 Å². The maximum atomic E-state index is 13.7. The highest BCUT2D eigenvalue weighted by molar-refractivity contribution is 6.03. The van der Waals surface area contributed by atoms with Crippen molar-refractivity contribution in [1.29, 1.82) is 0 Å². The predicted octanol–water partition coefficient (Wildman–Crippen LogP) is 4.55. The van der Waals surface area contributed by atoms with Crippen molar-refractivity contribution in [1.82, 2.24) is 14.8 Å². The van der Waals surface area contributed by atoms with Crippen molar-refractivity contribution in [3.05, 3.63) is 101 Å². The van der Waals surface area contributed by atoms with Gasteiger partial charge in [-0.2, -0.15) is 5.10 Å². The van der Waals surface area contributed by atoms with Gasteiger partial charge in [0.2, 0.25) is 0 Å². The number of nitrogens with one attached hydrogen (secondary N) is 1. The number of anilines is 1. The quantitative estimate of drug-likeness (QED) is 0.298. The van der Waals surface area contributed by atoms with Crippen LogP contribution in [0.5, 0.6) is 17.2 Å². The number of hydrogen-bond donors (Lipinski definition) is 1. The summed E-state index contributed by atoms with van der Waals surface area (Å²) in [5.41, 5.74) is -0.210. The van der Waals surface area contributed by atoms with Gasteiger partial charge in [0.25, 0.3) is 11.6 Å². The van der Waals surface area contributed by atoms with Crippen LogP contribution in [0.1, 0.15) is 10.5 Å². The number of nitro groups is 1. The maximum absolute atomic E-state index is 13.7. The Morgan fingerprint density at radius 3 is 2.71 bits per heavy atom. The zero-order valence-corrected chi connectivity index (χ0v) is 17.2. The second kappa shape index (κ2) is 9.73. The first kappa shape index (κ1) is 22.3. The van der Waals surface area contributed by atoms with Gasteiger partial charge in [-0.15, -0.1) is 0 Å². The zero-order chi connectivity index (χ0) is 24.1. The molecule has 1 N–H and O–H groups in total. The Bertz CT molecular complexity index is 1350. The van der Waals surface area contributed by atoms with Crippen LogP contribution in [0.3, 0.4) is 0 Å². The summed E-state index contributed by atoms with van der Waals surface area (Å²) in [5.74, 6) is -1.97. The summed E-state index contributed by atoms with van der Waals surface area (Å²) in [6, 6.07) is 11.3. The molecule has 0 bridgehead atoms. The number of nitro benzene ring substituents is 1. The molecule has 172 valence electrons. The number of aromatic nitrogens is 3. The molecule has 0 aliphatic rings. The topological polar surface area (TPSA) is 121 Å². The molecule has 1 amide bonds. The van der Waals surface area contributed by atoms with E-state index in [0.717, 1.165) is 12.1 Å². The lowest BCUT2D eigenvalue weighted by atomic mass is 10.2. The largest absolute Gasteiger partial charge is 0.468 e. The number of rotatable bonds is 8. The molecule has 0 aliphatic carbocycles. The van der Waals surface area contributed by atoms with Gasteiger partial charge in [0, 0.05) is 30.6 Å². The van der Waals surface area contributed by atoms with Crippen LogP contribution in [0, 0.1) is 21.7 Å². The number of nitrogens with zero attached hydrogens (tertiary/aromatic N) is 4. The Labute approximate surface area is 190 Å². The minimum atomic E-state index is -0.875. The molecular weight excluding hydrogens is 452 g/mol. The number of hydrogen-bond acceptors (Lipinski definition) is 7. The summed E-state index contributed by atoms with van der Waals surface area (Å²) in [7, 11) is 0. The lowest BCUT2D eigenvalue weighted by Gasteiger charge is -2.09. The van der Waals surface area contributed by atoms with Crippen LogP contribution in [-0.2, 0) is 6.73 Å². The van der Waals surface area contributed by atoms with E-state index in [1.165, 1.54) is 41.3 Å². The molecule has 2 aromatic heterocycles. The number of benzene rings is 2. The molecule has 34 heavy (non-hydrogen) atoms. The Hall–Kier alpha value is -4.87. The number of halogens is 2. The lowest BCUT2D eigenvalue weighted by molar-refractivity contribution is -0.384. The van der Waals surface area contributed by atoms with E-state index in [9.17, 15) is 23.7 Å². The Balaban J connectivity index is 1.45. The summed E-state index contributed by atoms with van der Waals surface area (Å²) in [4.78, 5) is 27.2.